The normalized spacial score (nSPS) is 21.4. The van der Waals surface area contributed by atoms with Crippen LogP contribution >= 0.6 is 11.8 Å². The number of thioether (sulfide) groups is 1. The fourth-order valence-corrected chi connectivity index (χ4v) is 4.21. The number of halogens is 3. The van der Waals surface area contributed by atoms with Crippen molar-refractivity contribution in [1.82, 2.24) is 0 Å². The van der Waals surface area contributed by atoms with Crippen LogP contribution in [0.1, 0.15) is 29.5 Å². The van der Waals surface area contributed by atoms with Crippen LogP contribution in [0.4, 0.5) is 13.2 Å². The maximum absolute atomic E-state index is 12.8. The number of carbonyl (C=O) groups excluding carboxylic acids is 1. The highest BCUT2D eigenvalue weighted by atomic mass is 32.2. The topological polar surface area (TPSA) is 29.4 Å². The van der Waals surface area contributed by atoms with E-state index in [1.54, 1.807) is 13.0 Å². The zero-order chi connectivity index (χ0) is 18.9. The molecule has 0 saturated carbocycles. The van der Waals surface area contributed by atoms with Crippen LogP contribution in [-0.4, -0.2) is 15.7 Å². The van der Waals surface area contributed by atoms with Crippen molar-refractivity contribution < 1.29 is 18.0 Å². The zero-order valence-electron chi connectivity index (χ0n) is 14.0. The Bertz CT molecular complexity index is 859. The van der Waals surface area contributed by atoms with E-state index in [2.05, 4.69) is 11.6 Å². The predicted octanol–water partition coefficient (Wildman–Crippen LogP) is 5.45. The molecule has 0 aliphatic carbocycles. The number of nitrogens with zero attached hydrogens (tertiary/aromatic N) is 1. The molecule has 2 aromatic carbocycles. The third-order valence-electron chi connectivity index (χ3n) is 4.38. The third-order valence-corrected chi connectivity index (χ3v) is 5.76. The van der Waals surface area contributed by atoms with Gasteiger partial charge in [-0.25, -0.2) is 4.99 Å². The first-order valence-electron chi connectivity index (χ1n) is 7.93. The average molecular weight is 375 g/mol. The Morgan fingerprint density at radius 3 is 2.27 bits per heavy atom. The number of carbonyl (C=O) groups is 1. The number of rotatable bonds is 4. The second-order valence-corrected chi connectivity index (χ2v) is 7.57. The Hall–Kier alpha value is -2.34. The SMILES string of the molecule is C=C[C@H](c1ccc(C(F)(F)F)cc1)[C@@]1(C)SC(c2ccccc2)=NC1=O. The smallest absolute Gasteiger partial charge is 0.271 e. The second kappa shape index (κ2) is 6.76. The Morgan fingerprint density at radius 1 is 1.12 bits per heavy atom. The molecule has 0 N–H and O–H groups in total. The highest BCUT2D eigenvalue weighted by Crippen LogP contribution is 2.47. The van der Waals surface area contributed by atoms with Crippen molar-refractivity contribution in [3.05, 3.63) is 83.9 Å². The van der Waals surface area contributed by atoms with Gasteiger partial charge in [0.25, 0.3) is 5.91 Å². The van der Waals surface area contributed by atoms with Gasteiger partial charge >= 0.3 is 6.18 Å². The van der Waals surface area contributed by atoms with Gasteiger partial charge in [0.15, 0.2) is 0 Å². The molecule has 0 saturated heterocycles. The summed E-state index contributed by atoms with van der Waals surface area (Å²) >= 11 is 1.32. The molecule has 0 aromatic heterocycles. The van der Waals surface area contributed by atoms with Crippen molar-refractivity contribution in [3.63, 3.8) is 0 Å². The predicted molar refractivity (Wildman–Crippen MR) is 98.4 cm³/mol. The van der Waals surface area contributed by atoms with E-state index in [0.717, 1.165) is 17.7 Å². The van der Waals surface area contributed by atoms with E-state index in [-0.39, 0.29) is 5.91 Å². The van der Waals surface area contributed by atoms with Crippen molar-refractivity contribution in [2.75, 3.05) is 0 Å². The van der Waals surface area contributed by atoms with Gasteiger partial charge in [0, 0.05) is 11.5 Å². The van der Waals surface area contributed by atoms with E-state index < -0.39 is 22.4 Å². The number of benzene rings is 2. The summed E-state index contributed by atoms with van der Waals surface area (Å²) in [5, 5.41) is 0.608. The summed E-state index contributed by atoms with van der Waals surface area (Å²) in [5.41, 5.74) is 0.714. The van der Waals surface area contributed by atoms with Gasteiger partial charge in [-0.05, 0) is 24.6 Å². The van der Waals surface area contributed by atoms with Crippen molar-refractivity contribution in [1.29, 1.82) is 0 Å². The monoisotopic (exact) mass is 375 g/mol. The summed E-state index contributed by atoms with van der Waals surface area (Å²) in [6, 6.07) is 14.2. The van der Waals surface area contributed by atoms with E-state index in [0.29, 0.717) is 10.6 Å². The van der Waals surface area contributed by atoms with Gasteiger partial charge in [0.2, 0.25) is 0 Å². The maximum atomic E-state index is 12.8. The second-order valence-electron chi connectivity index (χ2n) is 6.13. The van der Waals surface area contributed by atoms with Crippen LogP contribution in [-0.2, 0) is 11.0 Å². The average Bonchev–Trinajstić information content (AvgIpc) is 2.92. The lowest BCUT2D eigenvalue weighted by Gasteiger charge is -2.29. The van der Waals surface area contributed by atoms with Gasteiger partial charge in [0.1, 0.15) is 9.79 Å². The molecule has 6 heteroatoms. The molecule has 0 unspecified atom stereocenters. The fraction of sp³-hybridized carbons (Fsp3) is 0.200. The van der Waals surface area contributed by atoms with Gasteiger partial charge in [-0.15, -0.1) is 6.58 Å². The van der Waals surface area contributed by atoms with Gasteiger partial charge in [0.05, 0.1) is 5.56 Å². The first kappa shape index (κ1) is 18.5. The molecule has 1 aliphatic rings. The Labute approximate surface area is 153 Å². The third kappa shape index (κ3) is 3.33. The van der Waals surface area contributed by atoms with Gasteiger partial charge < -0.3 is 0 Å². The van der Waals surface area contributed by atoms with Crippen LogP contribution in [0.2, 0.25) is 0 Å². The molecule has 134 valence electrons. The summed E-state index contributed by atoms with van der Waals surface area (Å²) in [6.45, 7) is 5.55. The highest BCUT2D eigenvalue weighted by molar-refractivity contribution is 8.16. The molecule has 1 heterocycles. The summed E-state index contributed by atoms with van der Waals surface area (Å²) in [6.07, 6.45) is -2.80. The number of amides is 1. The maximum Gasteiger partial charge on any atom is 0.416 e. The Morgan fingerprint density at radius 2 is 1.73 bits per heavy atom. The van der Waals surface area contributed by atoms with Crippen LogP contribution in [0.25, 0.3) is 0 Å². The quantitative estimate of drug-likeness (QED) is 0.665. The lowest BCUT2D eigenvalue weighted by atomic mass is 9.85. The van der Waals surface area contributed by atoms with Crippen molar-refractivity contribution >= 4 is 22.7 Å². The van der Waals surface area contributed by atoms with Crippen molar-refractivity contribution in [3.8, 4) is 0 Å². The summed E-state index contributed by atoms with van der Waals surface area (Å²) in [7, 11) is 0. The van der Waals surface area contributed by atoms with Crippen LogP contribution in [0, 0.1) is 0 Å². The van der Waals surface area contributed by atoms with E-state index in [1.165, 1.54) is 23.9 Å². The van der Waals surface area contributed by atoms with Crippen LogP contribution < -0.4 is 0 Å². The van der Waals surface area contributed by atoms with Crippen molar-refractivity contribution in [2.45, 2.75) is 23.8 Å². The minimum atomic E-state index is -4.40. The van der Waals surface area contributed by atoms with Crippen LogP contribution in [0.15, 0.2) is 72.2 Å². The summed E-state index contributed by atoms with van der Waals surface area (Å²) in [5.74, 6) is -0.779. The van der Waals surface area contributed by atoms with E-state index >= 15 is 0 Å². The molecule has 0 bridgehead atoms. The van der Waals surface area contributed by atoms with Gasteiger partial charge in [-0.2, -0.15) is 13.2 Å². The molecule has 0 radical (unpaired) electrons. The molecule has 2 nitrogen and oxygen atoms in total. The van der Waals surface area contributed by atoms with E-state index in [1.807, 2.05) is 30.3 Å². The molecular formula is C20H16F3NOS. The lowest BCUT2D eigenvalue weighted by molar-refractivity contribution is -0.137. The summed E-state index contributed by atoms with van der Waals surface area (Å²) < 4.78 is 37.4. The number of alkyl halides is 3. The molecule has 2 aromatic rings. The summed E-state index contributed by atoms with van der Waals surface area (Å²) in [4.78, 5) is 16.8. The first-order valence-corrected chi connectivity index (χ1v) is 8.74. The molecule has 0 spiro atoms. The first-order chi connectivity index (χ1) is 12.3. The van der Waals surface area contributed by atoms with Crippen molar-refractivity contribution in [2.24, 2.45) is 4.99 Å². The minimum absolute atomic E-state index is 0.314. The van der Waals surface area contributed by atoms with Crippen LogP contribution in [0.3, 0.4) is 0 Å². The number of hydrogen-bond acceptors (Lipinski definition) is 2. The fourth-order valence-electron chi connectivity index (χ4n) is 2.93. The van der Waals surface area contributed by atoms with E-state index in [9.17, 15) is 18.0 Å². The largest absolute Gasteiger partial charge is 0.416 e. The Balaban J connectivity index is 1.91. The lowest BCUT2D eigenvalue weighted by Crippen LogP contribution is -2.34. The van der Waals surface area contributed by atoms with Crippen LogP contribution in [0.5, 0.6) is 0 Å². The molecule has 1 amide bonds. The molecule has 1 aliphatic heterocycles. The molecule has 26 heavy (non-hydrogen) atoms. The molecule has 3 rings (SSSR count). The standard InChI is InChI=1S/C20H16F3NOS/c1-3-16(13-9-11-15(12-10-13)20(21,22)23)19(2)18(25)24-17(26-19)14-7-5-4-6-8-14/h3-12,16H,1H2,2H3/t16-,19-/m1/s1. The Kier molecular flexibility index (Phi) is 4.80. The zero-order valence-corrected chi connectivity index (χ0v) is 14.8. The van der Waals surface area contributed by atoms with Gasteiger partial charge in [-0.3, -0.25) is 4.79 Å². The molecule has 0 fully saturated rings. The number of allylic oxidation sites excluding steroid dienone is 1. The highest BCUT2D eigenvalue weighted by Gasteiger charge is 2.47. The number of hydrogen-bond donors (Lipinski definition) is 0. The minimum Gasteiger partial charge on any atom is -0.271 e. The molecular weight excluding hydrogens is 359 g/mol. The number of aliphatic imine (C=N–C) groups is 1. The molecule has 2 atom stereocenters. The van der Waals surface area contributed by atoms with Gasteiger partial charge in [-0.1, -0.05) is 60.3 Å². The van der Waals surface area contributed by atoms with E-state index in [4.69, 9.17) is 0 Å².